The molecule has 0 aliphatic carbocycles. The summed E-state index contributed by atoms with van der Waals surface area (Å²) in [7, 11) is -2.06. The second kappa shape index (κ2) is 10.2. The molecule has 0 aromatic heterocycles. The molecule has 0 radical (unpaired) electrons. The van der Waals surface area contributed by atoms with Crippen molar-refractivity contribution in [3.05, 3.63) is 59.4 Å². The van der Waals surface area contributed by atoms with Crippen LogP contribution in [0, 0.1) is 5.82 Å². The highest BCUT2D eigenvalue weighted by molar-refractivity contribution is 7.89. The third-order valence-electron chi connectivity index (χ3n) is 6.18. The molecule has 4 rings (SSSR count). The lowest BCUT2D eigenvalue weighted by Gasteiger charge is -2.32. The third kappa shape index (κ3) is 5.37. The molecule has 0 unspecified atom stereocenters. The first-order valence-electron chi connectivity index (χ1n) is 11.3. The van der Waals surface area contributed by atoms with Gasteiger partial charge in [-0.25, -0.2) is 12.8 Å². The fraction of sp³-hybridized carbons (Fsp3) is 0.458. The van der Waals surface area contributed by atoms with Gasteiger partial charge < -0.3 is 14.5 Å². The highest BCUT2D eigenvalue weighted by Gasteiger charge is 2.29. The van der Waals surface area contributed by atoms with Crippen molar-refractivity contribution >= 4 is 21.6 Å². The van der Waals surface area contributed by atoms with Crippen LogP contribution in [0.2, 0.25) is 0 Å². The molecule has 178 valence electrons. The lowest BCUT2D eigenvalue weighted by molar-refractivity contribution is 0.0730. The lowest BCUT2D eigenvalue weighted by atomic mass is 10.1. The molecular weight excluding hydrogens is 445 g/mol. The van der Waals surface area contributed by atoms with E-state index in [1.54, 1.807) is 36.2 Å². The van der Waals surface area contributed by atoms with Crippen molar-refractivity contribution in [1.82, 2.24) is 9.21 Å². The van der Waals surface area contributed by atoms with E-state index in [1.165, 1.54) is 22.5 Å². The van der Waals surface area contributed by atoms with Crippen LogP contribution in [0.15, 0.2) is 47.4 Å². The Labute approximate surface area is 194 Å². The SMILES string of the molecule is CN(Cc1ccc(F)cc1)C(=O)c1cc(S(=O)(=O)N2CCOCC2)ccc1N1CCCCC1. The zero-order chi connectivity index (χ0) is 23.4. The minimum Gasteiger partial charge on any atom is -0.379 e. The van der Waals surface area contributed by atoms with Crippen molar-refractivity contribution < 1.29 is 22.3 Å². The average Bonchev–Trinajstić information content (AvgIpc) is 2.85. The predicted octanol–water partition coefficient (Wildman–Crippen LogP) is 3.11. The molecule has 0 atom stereocenters. The topological polar surface area (TPSA) is 70.2 Å². The number of carbonyl (C=O) groups is 1. The maximum atomic E-state index is 13.5. The number of carbonyl (C=O) groups excluding carboxylic acids is 1. The lowest BCUT2D eigenvalue weighted by Crippen LogP contribution is -2.40. The van der Waals surface area contributed by atoms with Crippen LogP contribution in [-0.4, -0.2) is 70.0 Å². The Balaban J connectivity index is 1.67. The molecular formula is C24H30FN3O4S. The molecule has 0 saturated carbocycles. The average molecular weight is 476 g/mol. The Morgan fingerprint density at radius 3 is 2.33 bits per heavy atom. The maximum absolute atomic E-state index is 13.5. The highest BCUT2D eigenvalue weighted by Crippen LogP contribution is 2.29. The van der Waals surface area contributed by atoms with E-state index in [4.69, 9.17) is 4.74 Å². The van der Waals surface area contributed by atoms with Crippen LogP contribution in [0.4, 0.5) is 10.1 Å². The normalized spacial score (nSPS) is 17.7. The zero-order valence-corrected chi connectivity index (χ0v) is 19.7. The van der Waals surface area contributed by atoms with Crippen molar-refractivity contribution in [1.29, 1.82) is 0 Å². The van der Waals surface area contributed by atoms with Gasteiger partial charge in [0, 0.05) is 45.5 Å². The number of amides is 1. The Morgan fingerprint density at radius 1 is 1.00 bits per heavy atom. The molecule has 2 aromatic rings. The van der Waals surface area contributed by atoms with Gasteiger partial charge in [0.1, 0.15) is 5.82 Å². The van der Waals surface area contributed by atoms with Crippen molar-refractivity contribution in [2.45, 2.75) is 30.7 Å². The van der Waals surface area contributed by atoms with Crippen molar-refractivity contribution in [2.75, 3.05) is 51.3 Å². The summed E-state index contributed by atoms with van der Waals surface area (Å²) in [4.78, 5) is 17.3. The number of nitrogens with zero attached hydrogens (tertiary/aromatic N) is 3. The molecule has 0 N–H and O–H groups in total. The van der Waals surface area contributed by atoms with Crippen LogP contribution < -0.4 is 4.90 Å². The van der Waals surface area contributed by atoms with Gasteiger partial charge in [-0.2, -0.15) is 4.31 Å². The van der Waals surface area contributed by atoms with Crippen LogP contribution >= 0.6 is 0 Å². The molecule has 0 spiro atoms. The van der Waals surface area contributed by atoms with Crippen LogP contribution in [0.1, 0.15) is 35.2 Å². The van der Waals surface area contributed by atoms with Gasteiger partial charge in [-0.3, -0.25) is 4.79 Å². The molecule has 0 bridgehead atoms. The van der Waals surface area contributed by atoms with Gasteiger partial charge in [0.15, 0.2) is 0 Å². The fourth-order valence-corrected chi connectivity index (χ4v) is 5.77. The maximum Gasteiger partial charge on any atom is 0.256 e. The van der Waals surface area contributed by atoms with Crippen LogP contribution in [0.5, 0.6) is 0 Å². The number of halogens is 1. The number of rotatable bonds is 6. The largest absolute Gasteiger partial charge is 0.379 e. The second-order valence-corrected chi connectivity index (χ2v) is 10.5. The fourth-order valence-electron chi connectivity index (χ4n) is 4.33. The number of anilines is 1. The quantitative estimate of drug-likeness (QED) is 0.642. The van der Waals surface area contributed by atoms with Gasteiger partial charge in [0.2, 0.25) is 10.0 Å². The van der Waals surface area contributed by atoms with Gasteiger partial charge in [-0.05, 0) is 55.2 Å². The van der Waals surface area contributed by atoms with E-state index in [0.717, 1.165) is 43.6 Å². The van der Waals surface area contributed by atoms with Crippen LogP contribution in [0.25, 0.3) is 0 Å². The predicted molar refractivity (Wildman–Crippen MR) is 124 cm³/mol. The first-order chi connectivity index (χ1) is 15.9. The molecule has 1 amide bonds. The summed E-state index contributed by atoms with van der Waals surface area (Å²) < 4.78 is 46.4. The molecule has 7 nitrogen and oxygen atoms in total. The Kier molecular flexibility index (Phi) is 7.31. The minimum atomic E-state index is -3.73. The Bertz CT molecular complexity index is 1080. The van der Waals surface area contributed by atoms with Crippen LogP contribution in [-0.2, 0) is 21.3 Å². The number of piperidine rings is 1. The summed E-state index contributed by atoms with van der Waals surface area (Å²) in [6.07, 6.45) is 3.22. The minimum absolute atomic E-state index is 0.115. The van der Waals surface area contributed by atoms with E-state index in [1.807, 2.05) is 0 Å². The van der Waals surface area contributed by atoms with Gasteiger partial charge in [0.25, 0.3) is 5.91 Å². The van der Waals surface area contributed by atoms with Crippen molar-refractivity contribution in [2.24, 2.45) is 0 Å². The summed E-state index contributed by atoms with van der Waals surface area (Å²) in [5, 5.41) is 0. The summed E-state index contributed by atoms with van der Waals surface area (Å²) in [5.41, 5.74) is 1.92. The molecule has 2 saturated heterocycles. The first kappa shape index (κ1) is 23.7. The van der Waals surface area contributed by atoms with E-state index in [2.05, 4.69) is 4.90 Å². The van der Waals surface area contributed by atoms with Crippen molar-refractivity contribution in [3.8, 4) is 0 Å². The third-order valence-corrected chi connectivity index (χ3v) is 8.08. The molecule has 2 aliphatic heterocycles. The summed E-state index contributed by atoms with van der Waals surface area (Å²) in [5.74, 6) is -0.597. The molecule has 2 heterocycles. The monoisotopic (exact) mass is 475 g/mol. The van der Waals surface area contributed by atoms with Gasteiger partial charge in [0.05, 0.1) is 23.7 Å². The summed E-state index contributed by atoms with van der Waals surface area (Å²) in [6, 6.07) is 10.9. The Morgan fingerprint density at radius 2 is 1.67 bits per heavy atom. The van der Waals surface area contributed by atoms with E-state index in [-0.39, 0.29) is 16.6 Å². The molecule has 2 aromatic carbocycles. The van der Waals surface area contributed by atoms with E-state index in [9.17, 15) is 17.6 Å². The molecule has 33 heavy (non-hydrogen) atoms. The molecule has 2 fully saturated rings. The molecule has 9 heteroatoms. The van der Waals surface area contributed by atoms with Crippen LogP contribution in [0.3, 0.4) is 0 Å². The van der Waals surface area contributed by atoms with E-state index < -0.39 is 10.0 Å². The smallest absolute Gasteiger partial charge is 0.256 e. The summed E-state index contributed by atoms with van der Waals surface area (Å²) in [6.45, 7) is 3.26. The molecule has 2 aliphatic rings. The zero-order valence-electron chi connectivity index (χ0n) is 18.9. The second-order valence-electron chi connectivity index (χ2n) is 8.53. The Hall–Kier alpha value is -2.49. The number of ether oxygens (including phenoxy) is 1. The summed E-state index contributed by atoms with van der Waals surface area (Å²) >= 11 is 0. The number of sulfonamides is 1. The number of morpholine rings is 1. The van der Waals surface area contributed by atoms with Crippen molar-refractivity contribution in [3.63, 3.8) is 0 Å². The highest BCUT2D eigenvalue weighted by atomic mass is 32.2. The van der Waals surface area contributed by atoms with Gasteiger partial charge >= 0.3 is 0 Å². The number of hydrogen-bond donors (Lipinski definition) is 0. The van der Waals surface area contributed by atoms with E-state index in [0.29, 0.717) is 38.4 Å². The first-order valence-corrected chi connectivity index (χ1v) is 12.8. The van der Waals surface area contributed by atoms with E-state index >= 15 is 0 Å². The van der Waals surface area contributed by atoms with Gasteiger partial charge in [-0.15, -0.1) is 0 Å². The number of benzene rings is 2. The standard InChI is InChI=1S/C24H30FN3O4S/c1-26(18-19-5-7-20(25)8-6-19)24(29)22-17-21(33(30,31)28-13-15-32-16-14-28)9-10-23(22)27-11-3-2-4-12-27/h5-10,17H,2-4,11-16,18H2,1H3. The number of hydrogen-bond acceptors (Lipinski definition) is 5. The van der Waals surface area contributed by atoms with Gasteiger partial charge in [-0.1, -0.05) is 12.1 Å².